The molecule has 0 unspecified atom stereocenters. The van der Waals surface area contributed by atoms with Crippen LogP contribution in [-0.2, 0) is 9.31 Å². The van der Waals surface area contributed by atoms with Gasteiger partial charge in [-0.3, -0.25) is 0 Å². The summed E-state index contributed by atoms with van der Waals surface area (Å²) < 4.78 is 12.4. The monoisotopic (exact) mass is 536 g/mol. The van der Waals surface area contributed by atoms with E-state index in [-0.39, 0.29) is 0 Å². The second-order valence-electron chi connectivity index (χ2n) is 11.2. The standard InChI is InChI=1S/C34H29BN4O2/c1-33(2)34(3,4)41-35(40-33)29-17-15-24(16-18-29)27-19-23(22-36)20-28(21-27)32-38-30(25-11-7-5-8-12-25)37-31(39-32)26-13-9-6-10-14-26/h5-21H,1-4H3. The highest BCUT2D eigenvalue weighted by atomic mass is 16.7. The Morgan fingerprint density at radius 1 is 0.561 bits per heavy atom. The van der Waals surface area contributed by atoms with E-state index in [1.807, 2.05) is 131 Å². The lowest BCUT2D eigenvalue weighted by atomic mass is 9.78. The summed E-state index contributed by atoms with van der Waals surface area (Å²) >= 11 is 0. The van der Waals surface area contributed by atoms with E-state index in [0.29, 0.717) is 23.0 Å². The molecule has 5 aromatic rings. The van der Waals surface area contributed by atoms with Crippen molar-refractivity contribution in [2.75, 3.05) is 0 Å². The SMILES string of the molecule is CC1(C)OB(c2ccc(-c3cc(C#N)cc(-c4nc(-c5ccccc5)nc(-c5ccccc5)n4)c3)cc2)OC1(C)C. The molecule has 200 valence electrons. The third-order valence-electron chi connectivity index (χ3n) is 7.79. The predicted octanol–water partition coefficient (Wildman–Crippen LogP) is 6.71. The number of hydrogen-bond acceptors (Lipinski definition) is 6. The molecular weight excluding hydrogens is 507 g/mol. The zero-order valence-electron chi connectivity index (χ0n) is 23.5. The summed E-state index contributed by atoms with van der Waals surface area (Å²) in [4.78, 5) is 14.5. The number of hydrogen-bond donors (Lipinski definition) is 0. The molecule has 4 aromatic carbocycles. The van der Waals surface area contributed by atoms with Crippen molar-refractivity contribution in [1.82, 2.24) is 15.0 Å². The van der Waals surface area contributed by atoms with Crippen LogP contribution >= 0.6 is 0 Å². The maximum absolute atomic E-state index is 9.90. The van der Waals surface area contributed by atoms with Gasteiger partial charge in [-0.2, -0.15) is 5.26 Å². The lowest BCUT2D eigenvalue weighted by Crippen LogP contribution is -2.41. The van der Waals surface area contributed by atoms with E-state index >= 15 is 0 Å². The van der Waals surface area contributed by atoms with Crippen LogP contribution < -0.4 is 5.46 Å². The molecule has 1 aliphatic heterocycles. The lowest BCUT2D eigenvalue weighted by Gasteiger charge is -2.32. The van der Waals surface area contributed by atoms with Gasteiger partial charge in [0.15, 0.2) is 17.5 Å². The molecule has 2 heterocycles. The molecule has 41 heavy (non-hydrogen) atoms. The van der Waals surface area contributed by atoms with E-state index in [9.17, 15) is 5.26 Å². The van der Waals surface area contributed by atoms with E-state index in [0.717, 1.165) is 33.3 Å². The summed E-state index contributed by atoms with van der Waals surface area (Å²) in [5.41, 5.74) is 5.03. The van der Waals surface area contributed by atoms with Gasteiger partial charge in [-0.1, -0.05) is 84.9 Å². The molecule has 1 fully saturated rings. The Labute approximate surface area is 240 Å². The molecule has 0 bridgehead atoms. The molecular formula is C34H29BN4O2. The molecule has 1 saturated heterocycles. The van der Waals surface area contributed by atoms with Crippen molar-refractivity contribution < 1.29 is 9.31 Å². The van der Waals surface area contributed by atoms with Gasteiger partial charge in [-0.05, 0) is 62.5 Å². The van der Waals surface area contributed by atoms with Crippen LogP contribution in [0.25, 0.3) is 45.3 Å². The van der Waals surface area contributed by atoms with E-state index in [1.54, 1.807) is 0 Å². The Kier molecular flexibility index (Phi) is 6.74. The summed E-state index contributed by atoms with van der Waals surface area (Å²) in [6.45, 7) is 8.18. The number of rotatable bonds is 5. The molecule has 0 amide bonds. The summed E-state index contributed by atoms with van der Waals surface area (Å²) in [5, 5.41) is 9.90. The van der Waals surface area contributed by atoms with Gasteiger partial charge < -0.3 is 9.31 Å². The lowest BCUT2D eigenvalue weighted by molar-refractivity contribution is 0.00578. The quantitative estimate of drug-likeness (QED) is 0.232. The molecule has 0 N–H and O–H groups in total. The molecule has 1 aromatic heterocycles. The molecule has 0 spiro atoms. The first-order valence-corrected chi connectivity index (χ1v) is 13.6. The Morgan fingerprint density at radius 2 is 1.02 bits per heavy atom. The van der Waals surface area contributed by atoms with Crippen molar-refractivity contribution in [3.63, 3.8) is 0 Å². The predicted molar refractivity (Wildman–Crippen MR) is 162 cm³/mol. The van der Waals surface area contributed by atoms with Crippen molar-refractivity contribution in [1.29, 1.82) is 5.26 Å². The van der Waals surface area contributed by atoms with Crippen LogP contribution in [0.2, 0.25) is 0 Å². The Bertz CT molecular complexity index is 1670. The van der Waals surface area contributed by atoms with E-state index in [4.69, 9.17) is 24.3 Å². The maximum atomic E-state index is 9.90. The van der Waals surface area contributed by atoms with Crippen LogP contribution in [0.5, 0.6) is 0 Å². The zero-order chi connectivity index (χ0) is 28.6. The number of benzene rings is 4. The smallest absolute Gasteiger partial charge is 0.399 e. The first-order valence-electron chi connectivity index (χ1n) is 13.6. The van der Waals surface area contributed by atoms with Crippen LogP contribution in [0.3, 0.4) is 0 Å². The minimum atomic E-state index is -0.437. The van der Waals surface area contributed by atoms with Gasteiger partial charge in [0.05, 0.1) is 22.8 Å². The second-order valence-corrected chi connectivity index (χ2v) is 11.2. The summed E-state index contributed by atoms with van der Waals surface area (Å²) in [7, 11) is -0.437. The van der Waals surface area contributed by atoms with Crippen molar-refractivity contribution >= 4 is 12.6 Å². The largest absolute Gasteiger partial charge is 0.494 e. The average molecular weight is 536 g/mol. The van der Waals surface area contributed by atoms with Gasteiger partial charge in [0.1, 0.15) is 0 Å². The molecule has 0 atom stereocenters. The molecule has 7 heteroatoms. The topological polar surface area (TPSA) is 80.9 Å². The van der Waals surface area contributed by atoms with Gasteiger partial charge in [-0.25, -0.2) is 15.0 Å². The fourth-order valence-corrected chi connectivity index (χ4v) is 4.74. The van der Waals surface area contributed by atoms with Crippen LogP contribution in [-0.4, -0.2) is 33.3 Å². The highest BCUT2D eigenvalue weighted by molar-refractivity contribution is 6.62. The zero-order valence-corrected chi connectivity index (χ0v) is 23.5. The van der Waals surface area contributed by atoms with Crippen molar-refractivity contribution in [2.24, 2.45) is 0 Å². The maximum Gasteiger partial charge on any atom is 0.494 e. The average Bonchev–Trinajstić information content (AvgIpc) is 3.23. The normalized spacial score (nSPS) is 15.4. The van der Waals surface area contributed by atoms with Gasteiger partial charge in [0.2, 0.25) is 0 Å². The van der Waals surface area contributed by atoms with Crippen molar-refractivity contribution in [3.8, 4) is 51.4 Å². The van der Waals surface area contributed by atoms with Crippen LogP contribution in [0.1, 0.15) is 33.3 Å². The Hall–Kier alpha value is -4.64. The van der Waals surface area contributed by atoms with Gasteiger partial charge >= 0.3 is 7.12 Å². The molecule has 0 saturated carbocycles. The highest BCUT2D eigenvalue weighted by Gasteiger charge is 2.51. The fraction of sp³-hybridized carbons (Fsp3) is 0.176. The van der Waals surface area contributed by atoms with Gasteiger partial charge in [0.25, 0.3) is 0 Å². The van der Waals surface area contributed by atoms with E-state index < -0.39 is 18.3 Å². The third-order valence-corrected chi connectivity index (χ3v) is 7.79. The number of aromatic nitrogens is 3. The first-order chi connectivity index (χ1) is 19.7. The minimum Gasteiger partial charge on any atom is -0.399 e. The van der Waals surface area contributed by atoms with E-state index in [2.05, 4.69) is 6.07 Å². The Balaban J connectivity index is 1.40. The first kappa shape index (κ1) is 26.6. The van der Waals surface area contributed by atoms with Crippen molar-refractivity contribution in [3.05, 3.63) is 109 Å². The Morgan fingerprint density at radius 3 is 1.51 bits per heavy atom. The van der Waals surface area contributed by atoms with Crippen LogP contribution in [0.15, 0.2) is 103 Å². The summed E-state index contributed by atoms with van der Waals surface area (Å²) in [5.74, 6) is 1.65. The molecule has 0 aliphatic carbocycles. The third kappa shape index (κ3) is 5.28. The van der Waals surface area contributed by atoms with E-state index in [1.165, 1.54) is 0 Å². The molecule has 6 rings (SSSR count). The fourth-order valence-electron chi connectivity index (χ4n) is 4.74. The minimum absolute atomic E-state index is 0.409. The number of nitrogens with zero attached hydrogens (tertiary/aromatic N) is 4. The number of nitriles is 1. The summed E-state index contributed by atoms with van der Waals surface area (Å²) in [6.07, 6.45) is 0. The second kappa shape index (κ2) is 10.4. The summed E-state index contributed by atoms with van der Waals surface area (Å²) in [6, 6.07) is 35.8. The van der Waals surface area contributed by atoms with Gasteiger partial charge in [-0.15, -0.1) is 0 Å². The highest BCUT2D eigenvalue weighted by Crippen LogP contribution is 2.37. The molecule has 0 radical (unpaired) electrons. The van der Waals surface area contributed by atoms with Crippen molar-refractivity contribution in [2.45, 2.75) is 38.9 Å². The van der Waals surface area contributed by atoms with Crippen LogP contribution in [0.4, 0.5) is 0 Å². The van der Waals surface area contributed by atoms with Crippen LogP contribution in [0, 0.1) is 11.3 Å². The van der Waals surface area contributed by atoms with Gasteiger partial charge in [0, 0.05) is 16.7 Å². The molecule has 6 nitrogen and oxygen atoms in total. The molecule has 1 aliphatic rings.